The van der Waals surface area contributed by atoms with Gasteiger partial charge in [-0.25, -0.2) is 0 Å². The van der Waals surface area contributed by atoms with E-state index in [1.807, 2.05) is 18.3 Å². The molecule has 0 radical (unpaired) electrons. The maximum absolute atomic E-state index is 4.60. The predicted molar refractivity (Wildman–Crippen MR) is 240 cm³/mol. The summed E-state index contributed by atoms with van der Waals surface area (Å²) in [7, 11) is 0. The molecule has 2 nitrogen and oxygen atoms in total. The van der Waals surface area contributed by atoms with E-state index in [1.165, 1.54) is 94.3 Å². The van der Waals surface area contributed by atoms with Crippen LogP contribution in [0.2, 0.25) is 0 Å². The fourth-order valence-corrected chi connectivity index (χ4v) is 10.1. The van der Waals surface area contributed by atoms with Gasteiger partial charge in [0, 0.05) is 33.6 Å². The topological polar surface area (TPSA) is 17.8 Å². The monoisotopic (exact) mass is 738 g/mol. The molecule has 0 amide bonds. The molecule has 0 bridgehead atoms. The zero-order chi connectivity index (χ0) is 38.2. The van der Waals surface area contributed by atoms with E-state index in [1.54, 1.807) is 0 Å². The van der Waals surface area contributed by atoms with Crippen LogP contribution in [0.3, 0.4) is 0 Å². The molecule has 0 fully saturated rings. The Morgan fingerprint density at radius 1 is 0.379 bits per heavy atom. The number of pyridine rings is 1. The van der Waals surface area contributed by atoms with E-state index in [9.17, 15) is 0 Å². The van der Waals surface area contributed by atoms with Gasteiger partial charge in [0.05, 0.1) is 16.7 Å². The van der Waals surface area contributed by atoms with E-state index < -0.39 is 0 Å². The predicted octanol–water partition coefficient (Wildman–Crippen LogP) is 13.9. The summed E-state index contributed by atoms with van der Waals surface area (Å²) in [6.07, 6.45) is 3.86. The molecule has 2 aliphatic carbocycles. The molecule has 0 atom stereocenters. The fraction of sp³-hybridized carbons (Fsp3) is 0.0536. The highest BCUT2D eigenvalue weighted by molar-refractivity contribution is 6.09. The molecule has 0 saturated carbocycles. The maximum atomic E-state index is 4.60. The summed E-state index contributed by atoms with van der Waals surface area (Å²) in [5.41, 5.74) is 21.5. The van der Waals surface area contributed by atoms with Crippen LogP contribution < -0.4 is 0 Å². The van der Waals surface area contributed by atoms with Crippen LogP contribution in [0.1, 0.15) is 22.3 Å². The highest BCUT2D eigenvalue weighted by atomic mass is 15.0. The first kappa shape index (κ1) is 32.9. The molecular weight excluding hydrogens is 701 g/mol. The van der Waals surface area contributed by atoms with Gasteiger partial charge >= 0.3 is 0 Å². The van der Waals surface area contributed by atoms with Crippen LogP contribution in [0.4, 0.5) is 0 Å². The van der Waals surface area contributed by atoms with E-state index in [0.717, 1.165) is 24.1 Å². The largest absolute Gasteiger partial charge is 0.309 e. The molecule has 8 aromatic carbocycles. The first-order valence-electron chi connectivity index (χ1n) is 20.3. The lowest BCUT2D eigenvalue weighted by atomic mass is 9.74. The molecule has 58 heavy (non-hydrogen) atoms. The Bertz CT molecular complexity index is 3140. The molecule has 2 aliphatic rings. The van der Waals surface area contributed by atoms with Crippen molar-refractivity contribution in [1.82, 2.24) is 9.55 Å². The standard InChI is InChI=1S/C56H38N2/c1-2-12-45-36-56(35-44(45)11-1)51-33-41(37-22-26-46(27-23-37)58-54-20-5-3-17-49(54)50-18-4-6-21-55(50)58)24-28-47(51)48-29-25-42(34-52(48)56)39-14-9-13-38(31-39)40-15-10-16-43(32-40)53-19-7-8-30-57-53/h1-34H,35-36H2. The summed E-state index contributed by atoms with van der Waals surface area (Å²) in [4.78, 5) is 4.60. The second-order valence-electron chi connectivity index (χ2n) is 16.0. The number of rotatable bonds is 5. The van der Waals surface area contributed by atoms with Crippen molar-refractivity contribution in [1.29, 1.82) is 0 Å². The van der Waals surface area contributed by atoms with Gasteiger partial charge in [-0.05, 0) is 140 Å². The summed E-state index contributed by atoms with van der Waals surface area (Å²) >= 11 is 0. The van der Waals surface area contributed by atoms with Crippen molar-refractivity contribution in [2.75, 3.05) is 0 Å². The van der Waals surface area contributed by atoms with Gasteiger partial charge in [-0.3, -0.25) is 4.98 Å². The van der Waals surface area contributed by atoms with Crippen LogP contribution >= 0.6 is 0 Å². The molecule has 0 aliphatic heterocycles. The van der Waals surface area contributed by atoms with Gasteiger partial charge in [0.1, 0.15) is 0 Å². The number of benzene rings is 8. The van der Waals surface area contributed by atoms with Crippen molar-refractivity contribution >= 4 is 21.8 Å². The molecule has 1 spiro atoms. The van der Waals surface area contributed by atoms with E-state index in [0.29, 0.717) is 0 Å². The average Bonchev–Trinajstić information content (AvgIpc) is 3.94. The molecule has 0 saturated heterocycles. The molecule has 272 valence electrons. The number of fused-ring (bicyclic) bond motifs is 9. The number of nitrogens with zero attached hydrogens (tertiary/aromatic N) is 2. The quantitative estimate of drug-likeness (QED) is 0.172. The van der Waals surface area contributed by atoms with Crippen molar-refractivity contribution < 1.29 is 0 Å². The molecule has 12 rings (SSSR count). The van der Waals surface area contributed by atoms with E-state index in [-0.39, 0.29) is 5.41 Å². The van der Waals surface area contributed by atoms with Crippen LogP contribution in [-0.2, 0) is 18.3 Å². The molecular formula is C56H38N2. The Balaban J connectivity index is 0.934. The molecule has 2 heteroatoms. The fourth-order valence-electron chi connectivity index (χ4n) is 10.1. The summed E-state index contributed by atoms with van der Waals surface area (Å²) in [5.74, 6) is 0. The minimum atomic E-state index is -0.127. The lowest BCUT2D eigenvalue weighted by molar-refractivity contribution is 0.564. The van der Waals surface area contributed by atoms with Crippen molar-refractivity contribution in [3.05, 3.63) is 229 Å². The van der Waals surface area contributed by atoms with Gasteiger partial charge in [-0.1, -0.05) is 140 Å². The van der Waals surface area contributed by atoms with Crippen LogP contribution in [0, 0.1) is 0 Å². The zero-order valence-corrected chi connectivity index (χ0v) is 31.9. The van der Waals surface area contributed by atoms with Crippen molar-refractivity contribution in [2.45, 2.75) is 18.3 Å². The summed E-state index contributed by atoms with van der Waals surface area (Å²) in [6.45, 7) is 0. The van der Waals surface area contributed by atoms with Gasteiger partial charge in [-0.2, -0.15) is 0 Å². The smallest absolute Gasteiger partial charge is 0.0702 e. The minimum Gasteiger partial charge on any atom is -0.309 e. The highest BCUT2D eigenvalue weighted by Gasteiger charge is 2.47. The van der Waals surface area contributed by atoms with Crippen molar-refractivity contribution in [3.63, 3.8) is 0 Å². The van der Waals surface area contributed by atoms with Gasteiger partial charge < -0.3 is 4.57 Å². The van der Waals surface area contributed by atoms with Crippen LogP contribution in [0.15, 0.2) is 206 Å². The normalized spacial score (nSPS) is 13.5. The van der Waals surface area contributed by atoms with E-state index in [2.05, 4.69) is 198 Å². The SMILES string of the molecule is c1ccc(-c2cccc(-c3cccc(-c4ccc5c(c4)C4(Cc6ccccc6C4)c4cc(-c6ccc(-n7c8ccccc8c8ccccc87)cc6)ccc4-5)c3)c2)nc1. The molecule has 2 aromatic heterocycles. The van der Waals surface area contributed by atoms with Gasteiger partial charge in [0.15, 0.2) is 0 Å². The third-order valence-electron chi connectivity index (χ3n) is 12.9. The Hall–Kier alpha value is -7.29. The number of para-hydroxylation sites is 2. The van der Waals surface area contributed by atoms with Crippen molar-refractivity contribution in [2.24, 2.45) is 0 Å². The van der Waals surface area contributed by atoms with Gasteiger partial charge in [-0.15, -0.1) is 0 Å². The Labute approximate surface area is 338 Å². The minimum absolute atomic E-state index is 0.127. The zero-order valence-electron chi connectivity index (χ0n) is 31.9. The second kappa shape index (κ2) is 12.9. The second-order valence-corrected chi connectivity index (χ2v) is 16.0. The van der Waals surface area contributed by atoms with Gasteiger partial charge in [0.25, 0.3) is 0 Å². The molecule has 0 unspecified atom stereocenters. The summed E-state index contributed by atoms with van der Waals surface area (Å²) < 4.78 is 2.39. The highest BCUT2D eigenvalue weighted by Crippen LogP contribution is 2.56. The van der Waals surface area contributed by atoms with Crippen LogP contribution in [-0.4, -0.2) is 9.55 Å². The Morgan fingerprint density at radius 3 is 1.45 bits per heavy atom. The number of hydrogen-bond acceptors (Lipinski definition) is 1. The first-order chi connectivity index (χ1) is 28.7. The van der Waals surface area contributed by atoms with Crippen LogP contribution in [0.5, 0.6) is 0 Å². The number of aromatic nitrogens is 2. The number of hydrogen-bond donors (Lipinski definition) is 0. The maximum Gasteiger partial charge on any atom is 0.0702 e. The lowest BCUT2D eigenvalue weighted by Crippen LogP contribution is -2.26. The van der Waals surface area contributed by atoms with E-state index in [4.69, 9.17) is 0 Å². The van der Waals surface area contributed by atoms with E-state index >= 15 is 0 Å². The third-order valence-corrected chi connectivity index (χ3v) is 12.9. The van der Waals surface area contributed by atoms with Crippen LogP contribution in [0.25, 0.3) is 83.3 Å². The third kappa shape index (κ3) is 5.08. The Kier molecular flexibility index (Phi) is 7.30. The summed E-state index contributed by atoms with van der Waals surface area (Å²) in [5, 5.41) is 2.57. The molecule has 10 aromatic rings. The lowest BCUT2D eigenvalue weighted by Gasteiger charge is -2.27. The first-order valence-corrected chi connectivity index (χ1v) is 20.3. The average molecular weight is 739 g/mol. The van der Waals surface area contributed by atoms with Gasteiger partial charge in [0.2, 0.25) is 0 Å². The van der Waals surface area contributed by atoms with Crippen molar-refractivity contribution in [3.8, 4) is 61.5 Å². The molecule has 0 N–H and O–H groups in total. The molecule has 2 heterocycles. The Morgan fingerprint density at radius 2 is 0.862 bits per heavy atom. The summed E-state index contributed by atoms with van der Waals surface area (Å²) in [6, 6.07) is 74.0.